The average molecular weight is 326 g/mol. The van der Waals surface area contributed by atoms with E-state index in [4.69, 9.17) is 0 Å². The number of sulfonamides is 1. The summed E-state index contributed by atoms with van der Waals surface area (Å²) < 4.78 is 29.2. The Hall–Kier alpha value is -1.38. The molecule has 21 heavy (non-hydrogen) atoms. The smallest absolute Gasteiger partial charge is 0.271 e. The molecule has 3 rings (SSSR count). The summed E-state index contributed by atoms with van der Waals surface area (Å²) >= 11 is 1.30. The lowest BCUT2D eigenvalue weighted by Crippen LogP contribution is -2.14. The van der Waals surface area contributed by atoms with Crippen molar-refractivity contribution in [2.75, 3.05) is 4.72 Å². The van der Waals surface area contributed by atoms with E-state index >= 15 is 0 Å². The van der Waals surface area contributed by atoms with Gasteiger partial charge < -0.3 is 5.32 Å². The molecule has 0 atom stereocenters. The predicted octanol–water partition coefficient (Wildman–Crippen LogP) is 2.02. The van der Waals surface area contributed by atoms with Crippen LogP contribution in [-0.4, -0.2) is 24.2 Å². The van der Waals surface area contributed by atoms with Crippen LogP contribution in [0.3, 0.4) is 0 Å². The fourth-order valence-electron chi connectivity index (χ4n) is 1.92. The lowest BCUT2D eigenvalue weighted by Gasteiger charge is -2.03. The van der Waals surface area contributed by atoms with Gasteiger partial charge in [0, 0.05) is 30.2 Å². The van der Waals surface area contributed by atoms with E-state index in [0.717, 1.165) is 11.4 Å². The van der Waals surface area contributed by atoms with Crippen LogP contribution in [0.5, 0.6) is 0 Å². The monoisotopic (exact) mass is 326 g/mol. The zero-order valence-corrected chi connectivity index (χ0v) is 13.4. The van der Waals surface area contributed by atoms with Gasteiger partial charge >= 0.3 is 0 Å². The van der Waals surface area contributed by atoms with E-state index in [1.165, 1.54) is 30.4 Å². The third kappa shape index (κ3) is 3.63. The van der Waals surface area contributed by atoms with Gasteiger partial charge in [0.1, 0.15) is 4.21 Å². The summed E-state index contributed by atoms with van der Waals surface area (Å²) in [5.41, 5.74) is 0.489. The molecule has 1 fully saturated rings. The van der Waals surface area contributed by atoms with E-state index in [1.807, 2.05) is 13.0 Å². The van der Waals surface area contributed by atoms with Gasteiger partial charge in [0.2, 0.25) is 0 Å². The Balaban J connectivity index is 1.68. The molecule has 114 valence electrons. The summed E-state index contributed by atoms with van der Waals surface area (Å²) in [7, 11) is -3.52. The van der Waals surface area contributed by atoms with Crippen LogP contribution in [0.4, 0.5) is 5.69 Å². The summed E-state index contributed by atoms with van der Waals surface area (Å²) in [6.07, 6.45) is 5.64. The molecule has 1 saturated carbocycles. The average Bonchev–Trinajstić information content (AvgIpc) is 2.98. The van der Waals surface area contributed by atoms with Crippen molar-refractivity contribution in [1.29, 1.82) is 0 Å². The summed E-state index contributed by atoms with van der Waals surface area (Å²) in [6, 6.07) is 4.13. The lowest BCUT2D eigenvalue weighted by molar-refractivity contribution is 0.603. The van der Waals surface area contributed by atoms with Gasteiger partial charge in [-0.3, -0.25) is 9.40 Å². The number of thiophene rings is 1. The number of aromatic nitrogens is 2. The molecule has 0 radical (unpaired) electrons. The Bertz CT molecular complexity index is 716. The first-order chi connectivity index (χ1) is 10.1. The summed E-state index contributed by atoms with van der Waals surface area (Å²) in [6.45, 7) is 3.39. The molecular formula is C13H18N4O2S2. The molecule has 0 saturated heterocycles. The van der Waals surface area contributed by atoms with Crippen molar-refractivity contribution in [3.05, 3.63) is 29.4 Å². The minimum Gasteiger partial charge on any atom is -0.309 e. The van der Waals surface area contributed by atoms with Crippen LogP contribution in [0.25, 0.3) is 0 Å². The maximum absolute atomic E-state index is 12.3. The molecule has 0 spiro atoms. The molecule has 0 unspecified atom stereocenters. The van der Waals surface area contributed by atoms with Crippen LogP contribution < -0.4 is 10.0 Å². The van der Waals surface area contributed by atoms with Crippen LogP contribution in [-0.2, 0) is 23.1 Å². The summed E-state index contributed by atoms with van der Waals surface area (Å²) in [5, 5.41) is 7.44. The molecule has 1 aliphatic rings. The zero-order chi connectivity index (χ0) is 14.9. The van der Waals surface area contributed by atoms with Crippen LogP contribution >= 0.6 is 11.3 Å². The number of anilines is 1. The molecule has 2 heterocycles. The minimum absolute atomic E-state index is 0.333. The molecule has 0 aromatic carbocycles. The number of nitrogens with zero attached hydrogens (tertiary/aromatic N) is 2. The highest BCUT2D eigenvalue weighted by atomic mass is 32.2. The second-order valence-electron chi connectivity index (χ2n) is 5.07. The number of aryl methyl sites for hydroxylation is 1. The standard InChI is InChI=1S/C13H18N4O2S2/c1-2-17-9-11(7-15-17)16-21(18,19)13-6-5-12(20-13)8-14-10-3-4-10/h5-7,9-10,14,16H,2-4,8H2,1H3. The molecule has 2 N–H and O–H groups in total. The van der Waals surface area contributed by atoms with Gasteiger partial charge in [-0.1, -0.05) is 0 Å². The van der Waals surface area contributed by atoms with Gasteiger partial charge in [0.15, 0.2) is 0 Å². The van der Waals surface area contributed by atoms with Crippen molar-refractivity contribution in [2.45, 2.75) is 43.1 Å². The largest absolute Gasteiger partial charge is 0.309 e. The number of hydrogen-bond donors (Lipinski definition) is 2. The van der Waals surface area contributed by atoms with E-state index in [1.54, 1.807) is 16.9 Å². The van der Waals surface area contributed by atoms with Crippen LogP contribution in [0.1, 0.15) is 24.6 Å². The molecule has 0 aliphatic heterocycles. The number of nitrogens with one attached hydrogen (secondary N) is 2. The topological polar surface area (TPSA) is 76.0 Å². The van der Waals surface area contributed by atoms with Crippen LogP contribution in [0.2, 0.25) is 0 Å². The van der Waals surface area contributed by atoms with Crippen LogP contribution in [0.15, 0.2) is 28.7 Å². The summed E-state index contributed by atoms with van der Waals surface area (Å²) in [4.78, 5) is 1.03. The molecule has 1 aliphatic carbocycles. The van der Waals surface area contributed by atoms with Gasteiger partial charge in [-0.25, -0.2) is 8.42 Å². The zero-order valence-electron chi connectivity index (χ0n) is 11.7. The second-order valence-corrected chi connectivity index (χ2v) is 8.14. The molecule has 2 aromatic rings. The Labute approximate surface area is 128 Å². The number of hydrogen-bond acceptors (Lipinski definition) is 5. The highest BCUT2D eigenvalue weighted by Crippen LogP contribution is 2.25. The quantitative estimate of drug-likeness (QED) is 0.816. The molecular weight excluding hydrogens is 308 g/mol. The van der Waals surface area contributed by atoms with Gasteiger partial charge in [-0.15, -0.1) is 11.3 Å². The van der Waals surface area contributed by atoms with Crippen molar-refractivity contribution in [2.24, 2.45) is 0 Å². The van der Waals surface area contributed by atoms with Crippen molar-refractivity contribution in [1.82, 2.24) is 15.1 Å². The van der Waals surface area contributed by atoms with E-state index in [9.17, 15) is 8.42 Å². The van der Waals surface area contributed by atoms with Gasteiger partial charge in [-0.2, -0.15) is 5.10 Å². The maximum atomic E-state index is 12.3. The minimum atomic E-state index is -3.52. The Morgan fingerprint density at radius 1 is 1.43 bits per heavy atom. The predicted molar refractivity (Wildman–Crippen MR) is 82.9 cm³/mol. The second kappa shape index (κ2) is 5.78. The van der Waals surface area contributed by atoms with E-state index < -0.39 is 10.0 Å². The Morgan fingerprint density at radius 3 is 2.90 bits per heavy atom. The fourth-order valence-corrected chi connectivity index (χ4v) is 4.26. The summed E-state index contributed by atoms with van der Waals surface area (Å²) in [5.74, 6) is 0. The molecule has 0 bridgehead atoms. The normalized spacial score (nSPS) is 15.3. The highest BCUT2D eigenvalue weighted by Gasteiger charge is 2.21. The fraction of sp³-hybridized carbons (Fsp3) is 0.462. The van der Waals surface area contributed by atoms with E-state index in [2.05, 4.69) is 15.1 Å². The Kier molecular flexibility index (Phi) is 4.01. The van der Waals surface area contributed by atoms with Gasteiger partial charge in [-0.05, 0) is 31.9 Å². The van der Waals surface area contributed by atoms with Gasteiger partial charge in [0.05, 0.1) is 11.9 Å². The van der Waals surface area contributed by atoms with Crippen molar-refractivity contribution < 1.29 is 8.42 Å². The lowest BCUT2D eigenvalue weighted by atomic mass is 10.4. The van der Waals surface area contributed by atoms with E-state index in [-0.39, 0.29) is 0 Å². The first kappa shape index (κ1) is 14.6. The first-order valence-corrected chi connectivity index (χ1v) is 9.24. The molecule has 0 amide bonds. The molecule has 2 aromatic heterocycles. The van der Waals surface area contributed by atoms with E-state index in [0.29, 0.717) is 22.5 Å². The van der Waals surface area contributed by atoms with Crippen molar-refractivity contribution in [3.63, 3.8) is 0 Å². The molecule has 8 heteroatoms. The van der Waals surface area contributed by atoms with Gasteiger partial charge in [0.25, 0.3) is 10.0 Å². The number of rotatable bonds is 7. The van der Waals surface area contributed by atoms with Crippen molar-refractivity contribution >= 4 is 27.0 Å². The molecule has 6 nitrogen and oxygen atoms in total. The maximum Gasteiger partial charge on any atom is 0.271 e. The van der Waals surface area contributed by atoms with Crippen LogP contribution in [0, 0.1) is 0 Å². The van der Waals surface area contributed by atoms with Crippen molar-refractivity contribution in [3.8, 4) is 0 Å². The SMILES string of the molecule is CCn1cc(NS(=O)(=O)c2ccc(CNC3CC3)s2)cn1. The highest BCUT2D eigenvalue weighted by molar-refractivity contribution is 7.94. The third-order valence-electron chi connectivity index (χ3n) is 3.25. The first-order valence-electron chi connectivity index (χ1n) is 6.94. The third-order valence-corrected chi connectivity index (χ3v) is 6.21. The Morgan fingerprint density at radius 2 is 2.24 bits per heavy atom.